The standard InChI is InChI=1S/C22H28N4O2/c1-3-28-18-8-6-7-16(13-18)11-12-24-22(23-2)25-15-17-14-21(27)26-20-10-5-4-9-19(17)20/h4-10,13,17H,3,11-12,14-15H2,1-2H3,(H,26,27)(H2,23,24,25). The van der Waals surface area contributed by atoms with Crippen molar-refractivity contribution < 1.29 is 9.53 Å². The van der Waals surface area contributed by atoms with Crippen LogP contribution in [0.25, 0.3) is 0 Å². The molecule has 1 atom stereocenters. The van der Waals surface area contributed by atoms with E-state index in [1.165, 1.54) is 5.56 Å². The number of hydrogen-bond acceptors (Lipinski definition) is 3. The lowest BCUT2D eigenvalue weighted by Gasteiger charge is -2.26. The van der Waals surface area contributed by atoms with Crippen LogP contribution in [0, 0.1) is 0 Å². The van der Waals surface area contributed by atoms with Crippen molar-refractivity contribution in [1.82, 2.24) is 10.6 Å². The Morgan fingerprint density at radius 2 is 2.07 bits per heavy atom. The topological polar surface area (TPSA) is 74.8 Å². The Balaban J connectivity index is 1.50. The van der Waals surface area contributed by atoms with E-state index in [1.54, 1.807) is 7.05 Å². The summed E-state index contributed by atoms with van der Waals surface area (Å²) in [6.07, 6.45) is 1.35. The van der Waals surface area contributed by atoms with Crippen molar-refractivity contribution in [3.8, 4) is 5.75 Å². The van der Waals surface area contributed by atoms with Crippen molar-refractivity contribution in [3.05, 3.63) is 59.7 Å². The number of anilines is 1. The first kappa shape index (κ1) is 19.7. The number of amides is 1. The summed E-state index contributed by atoms with van der Waals surface area (Å²) >= 11 is 0. The van der Waals surface area contributed by atoms with Gasteiger partial charge in [0.1, 0.15) is 5.75 Å². The number of rotatable bonds is 7. The molecule has 6 nitrogen and oxygen atoms in total. The summed E-state index contributed by atoms with van der Waals surface area (Å²) in [5.41, 5.74) is 3.28. The van der Waals surface area contributed by atoms with Crippen LogP contribution in [0.1, 0.15) is 30.4 Å². The number of fused-ring (bicyclic) bond motifs is 1. The van der Waals surface area contributed by atoms with E-state index in [1.807, 2.05) is 37.3 Å². The number of hydrogen-bond donors (Lipinski definition) is 3. The molecule has 2 aromatic rings. The van der Waals surface area contributed by atoms with Gasteiger partial charge in [-0.25, -0.2) is 0 Å². The molecule has 0 aromatic heterocycles. The Hall–Kier alpha value is -3.02. The van der Waals surface area contributed by atoms with Crippen molar-refractivity contribution in [2.24, 2.45) is 4.99 Å². The molecule has 3 rings (SSSR count). The lowest BCUT2D eigenvalue weighted by Crippen LogP contribution is -2.41. The van der Waals surface area contributed by atoms with Gasteiger partial charge in [-0.2, -0.15) is 0 Å². The Morgan fingerprint density at radius 1 is 1.21 bits per heavy atom. The zero-order valence-electron chi connectivity index (χ0n) is 16.5. The lowest BCUT2D eigenvalue weighted by molar-refractivity contribution is -0.116. The summed E-state index contributed by atoms with van der Waals surface area (Å²) in [6.45, 7) is 4.07. The molecule has 2 aromatic carbocycles. The van der Waals surface area contributed by atoms with E-state index in [4.69, 9.17) is 4.74 Å². The van der Waals surface area contributed by atoms with E-state index in [9.17, 15) is 4.79 Å². The number of nitrogens with zero attached hydrogens (tertiary/aromatic N) is 1. The highest BCUT2D eigenvalue weighted by molar-refractivity contribution is 5.94. The first-order chi connectivity index (χ1) is 13.7. The Labute approximate surface area is 166 Å². The van der Waals surface area contributed by atoms with Crippen molar-refractivity contribution in [2.45, 2.75) is 25.7 Å². The third-order valence-corrected chi connectivity index (χ3v) is 4.76. The van der Waals surface area contributed by atoms with Crippen LogP contribution in [0.2, 0.25) is 0 Å². The fourth-order valence-corrected chi connectivity index (χ4v) is 3.41. The van der Waals surface area contributed by atoms with E-state index in [0.717, 1.165) is 35.9 Å². The zero-order chi connectivity index (χ0) is 19.8. The third-order valence-electron chi connectivity index (χ3n) is 4.76. The number of carbonyl (C=O) groups is 1. The van der Waals surface area contributed by atoms with Crippen LogP contribution >= 0.6 is 0 Å². The van der Waals surface area contributed by atoms with Gasteiger partial charge in [0.15, 0.2) is 5.96 Å². The average molecular weight is 380 g/mol. The maximum Gasteiger partial charge on any atom is 0.225 e. The molecule has 0 aliphatic carbocycles. The van der Waals surface area contributed by atoms with Gasteiger partial charge in [-0.05, 0) is 42.7 Å². The van der Waals surface area contributed by atoms with Gasteiger partial charge in [-0.15, -0.1) is 0 Å². The second-order valence-corrected chi connectivity index (χ2v) is 6.75. The average Bonchev–Trinajstić information content (AvgIpc) is 2.70. The Morgan fingerprint density at radius 3 is 2.89 bits per heavy atom. The number of para-hydroxylation sites is 1. The van der Waals surface area contributed by atoms with Gasteiger partial charge in [0.2, 0.25) is 5.91 Å². The van der Waals surface area contributed by atoms with Crippen LogP contribution in [-0.2, 0) is 11.2 Å². The summed E-state index contributed by atoms with van der Waals surface area (Å²) < 4.78 is 5.55. The number of nitrogens with one attached hydrogen (secondary N) is 3. The summed E-state index contributed by atoms with van der Waals surface area (Å²) in [6, 6.07) is 16.1. The summed E-state index contributed by atoms with van der Waals surface area (Å²) in [5.74, 6) is 1.83. The van der Waals surface area contributed by atoms with Gasteiger partial charge in [0.25, 0.3) is 0 Å². The first-order valence-corrected chi connectivity index (χ1v) is 9.74. The minimum atomic E-state index is 0.0580. The number of aliphatic imine (C=N–C) groups is 1. The second kappa shape index (κ2) is 9.78. The molecule has 0 spiro atoms. The van der Waals surface area contributed by atoms with Crippen LogP contribution in [0.5, 0.6) is 5.75 Å². The SMILES string of the molecule is CCOc1cccc(CCNC(=NC)NCC2CC(=O)Nc3ccccc32)c1. The third kappa shape index (κ3) is 5.25. The monoisotopic (exact) mass is 380 g/mol. The second-order valence-electron chi connectivity index (χ2n) is 6.75. The molecule has 1 aliphatic heterocycles. The number of guanidine groups is 1. The maximum absolute atomic E-state index is 12.0. The quantitative estimate of drug-likeness (QED) is 0.510. The molecule has 1 aliphatic rings. The van der Waals surface area contributed by atoms with E-state index in [0.29, 0.717) is 19.6 Å². The molecule has 0 radical (unpaired) electrons. The van der Waals surface area contributed by atoms with Crippen LogP contribution in [-0.4, -0.2) is 38.6 Å². The molecule has 0 bridgehead atoms. The fraction of sp³-hybridized carbons (Fsp3) is 0.364. The Kier molecular flexibility index (Phi) is 6.89. The predicted octanol–water partition coefficient (Wildman–Crippen LogP) is 2.92. The predicted molar refractivity (Wildman–Crippen MR) is 113 cm³/mol. The first-order valence-electron chi connectivity index (χ1n) is 9.74. The summed E-state index contributed by atoms with van der Waals surface area (Å²) in [7, 11) is 1.76. The molecule has 0 fully saturated rings. The minimum Gasteiger partial charge on any atom is -0.494 e. The highest BCUT2D eigenvalue weighted by Gasteiger charge is 2.24. The molecule has 0 saturated carbocycles. The molecule has 1 amide bonds. The van der Waals surface area contributed by atoms with E-state index < -0.39 is 0 Å². The van der Waals surface area contributed by atoms with Gasteiger partial charge in [0, 0.05) is 38.2 Å². The van der Waals surface area contributed by atoms with Crippen molar-refractivity contribution in [2.75, 3.05) is 32.1 Å². The van der Waals surface area contributed by atoms with Gasteiger partial charge in [-0.1, -0.05) is 30.3 Å². The van der Waals surface area contributed by atoms with E-state index in [-0.39, 0.29) is 11.8 Å². The molecular weight excluding hydrogens is 352 g/mol. The molecule has 28 heavy (non-hydrogen) atoms. The molecule has 148 valence electrons. The summed E-state index contributed by atoms with van der Waals surface area (Å²) in [5, 5.41) is 9.63. The van der Waals surface area contributed by atoms with Crippen molar-refractivity contribution in [1.29, 1.82) is 0 Å². The van der Waals surface area contributed by atoms with Crippen LogP contribution in [0.15, 0.2) is 53.5 Å². The van der Waals surface area contributed by atoms with Gasteiger partial charge in [-0.3, -0.25) is 9.79 Å². The van der Waals surface area contributed by atoms with E-state index >= 15 is 0 Å². The lowest BCUT2D eigenvalue weighted by atomic mass is 9.90. The van der Waals surface area contributed by atoms with Crippen LogP contribution < -0.4 is 20.7 Å². The van der Waals surface area contributed by atoms with Crippen LogP contribution in [0.4, 0.5) is 5.69 Å². The van der Waals surface area contributed by atoms with Gasteiger partial charge in [0.05, 0.1) is 6.61 Å². The normalized spacial score (nSPS) is 16.1. The molecule has 6 heteroatoms. The summed E-state index contributed by atoms with van der Waals surface area (Å²) in [4.78, 5) is 16.3. The smallest absolute Gasteiger partial charge is 0.225 e. The largest absolute Gasteiger partial charge is 0.494 e. The van der Waals surface area contributed by atoms with Gasteiger partial charge >= 0.3 is 0 Å². The minimum absolute atomic E-state index is 0.0580. The number of carbonyl (C=O) groups excluding carboxylic acids is 1. The maximum atomic E-state index is 12.0. The number of benzene rings is 2. The Bertz CT molecular complexity index is 835. The van der Waals surface area contributed by atoms with E-state index in [2.05, 4.69) is 39.1 Å². The number of ether oxygens (including phenoxy) is 1. The van der Waals surface area contributed by atoms with Crippen molar-refractivity contribution >= 4 is 17.6 Å². The fourth-order valence-electron chi connectivity index (χ4n) is 3.41. The molecular formula is C22H28N4O2. The molecule has 0 saturated heterocycles. The van der Waals surface area contributed by atoms with Crippen molar-refractivity contribution in [3.63, 3.8) is 0 Å². The molecule has 1 unspecified atom stereocenters. The molecule has 3 N–H and O–H groups in total. The zero-order valence-corrected chi connectivity index (χ0v) is 16.5. The molecule has 1 heterocycles. The highest BCUT2D eigenvalue weighted by Crippen LogP contribution is 2.31. The highest BCUT2D eigenvalue weighted by atomic mass is 16.5. The van der Waals surface area contributed by atoms with Gasteiger partial charge < -0.3 is 20.7 Å². The van der Waals surface area contributed by atoms with Crippen LogP contribution in [0.3, 0.4) is 0 Å².